The molecule has 0 saturated heterocycles. The summed E-state index contributed by atoms with van der Waals surface area (Å²) in [5.41, 5.74) is 2.27. The lowest BCUT2D eigenvalue weighted by molar-refractivity contribution is -0.140. The average molecular weight is 365 g/mol. The molecule has 25 heavy (non-hydrogen) atoms. The van der Waals surface area contributed by atoms with Crippen LogP contribution >= 0.6 is 11.3 Å². The Morgan fingerprint density at radius 3 is 2.60 bits per heavy atom. The van der Waals surface area contributed by atoms with E-state index in [0.29, 0.717) is 0 Å². The van der Waals surface area contributed by atoms with Crippen LogP contribution in [0.1, 0.15) is 22.5 Å². The van der Waals surface area contributed by atoms with E-state index in [4.69, 9.17) is 0 Å². The van der Waals surface area contributed by atoms with Gasteiger partial charge >= 0.3 is 6.18 Å². The van der Waals surface area contributed by atoms with Gasteiger partial charge in [-0.05, 0) is 31.0 Å². The number of hydrogen-bond donors (Lipinski definition) is 1. The number of benzene rings is 1. The molecule has 0 aliphatic heterocycles. The van der Waals surface area contributed by atoms with E-state index in [0.717, 1.165) is 44.4 Å². The zero-order chi connectivity index (χ0) is 18.2. The third-order valence-corrected chi connectivity index (χ3v) is 4.62. The Balaban J connectivity index is 1.81. The van der Waals surface area contributed by atoms with Crippen molar-refractivity contribution < 1.29 is 18.0 Å². The van der Waals surface area contributed by atoms with Crippen LogP contribution in [-0.2, 0) is 17.4 Å². The number of alkyl halides is 3. The van der Waals surface area contributed by atoms with Crippen LogP contribution in [-0.4, -0.2) is 15.9 Å². The van der Waals surface area contributed by atoms with Crippen LogP contribution in [0, 0.1) is 13.8 Å². The molecule has 0 fully saturated rings. The third kappa shape index (κ3) is 3.63. The molecule has 0 aliphatic carbocycles. The Bertz CT molecular complexity index is 950. The number of carbonyl (C=O) groups excluding carboxylic acids is 1. The predicted octanol–water partition coefficient (Wildman–Crippen LogP) is 4.51. The molecule has 3 rings (SSSR count). The summed E-state index contributed by atoms with van der Waals surface area (Å²) < 4.78 is 37.7. The van der Waals surface area contributed by atoms with Gasteiger partial charge in [0.2, 0.25) is 5.91 Å². The van der Waals surface area contributed by atoms with Crippen molar-refractivity contribution in [2.45, 2.75) is 26.4 Å². The van der Waals surface area contributed by atoms with Gasteiger partial charge in [0.05, 0.1) is 11.9 Å². The van der Waals surface area contributed by atoms with Crippen LogP contribution in [0.2, 0.25) is 0 Å². The fourth-order valence-electron chi connectivity index (χ4n) is 2.62. The van der Waals surface area contributed by atoms with Gasteiger partial charge in [0.25, 0.3) is 0 Å². The van der Waals surface area contributed by atoms with Crippen molar-refractivity contribution in [3.8, 4) is 0 Å². The van der Waals surface area contributed by atoms with Gasteiger partial charge in [-0.25, -0.2) is 4.98 Å². The molecule has 0 aliphatic rings. The highest BCUT2D eigenvalue weighted by atomic mass is 32.1. The van der Waals surface area contributed by atoms with E-state index in [-0.39, 0.29) is 11.6 Å². The Labute approximate surface area is 145 Å². The molecule has 0 radical (unpaired) electrons. The number of rotatable bonds is 3. The normalized spacial score (nSPS) is 11.7. The second-order valence-electron chi connectivity index (χ2n) is 5.58. The molecular weight excluding hydrogens is 351 g/mol. The smallest absolute Gasteiger partial charge is 0.302 e. The summed E-state index contributed by atoms with van der Waals surface area (Å²) in [7, 11) is 0. The number of pyridine rings is 1. The highest BCUT2D eigenvalue weighted by Crippen LogP contribution is 2.31. The van der Waals surface area contributed by atoms with Gasteiger partial charge in [-0.2, -0.15) is 13.2 Å². The number of amides is 1. The van der Waals surface area contributed by atoms with E-state index in [9.17, 15) is 18.0 Å². The average Bonchev–Trinajstić information content (AvgIpc) is 3.00. The maximum atomic E-state index is 12.6. The fraction of sp³-hybridized carbons (Fsp3) is 0.235. The number of aromatic nitrogens is 2. The molecule has 0 atom stereocenters. The monoisotopic (exact) mass is 365 g/mol. The van der Waals surface area contributed by atoms with Crippen molar-refractivity contribution in [2.24, 2.45) is 0 Å². The number of nitrogens with one attached hydrogen (secondary N) is 1. The number of anilines is 1. The summed E-state index contributed by atoms with van der Waals surface area (Å²) >= 11 is 0.748. The Morgan fingerprint density at radius 1 is 1.20 bits per heavy atom. The molecule has 0 spiro atoms. The Hall–Kier alpha value is -2.48. The summed E-state index contributed by atoms with van der Waals surface area (Å²) in [5.74, 6) is -0.425. The zero-order valence-electron chi connectivity index (χ0n) is 13.4. The first-order chi connectivity index (χ1) is 11.8. The van der Waals surface area contributed by atoms with E-state index in [2.05, 4.69) is 15.3 Å². The molecule has 130 valence electrons. The molecule has 1 N–H and O–H groups in total. The summed E-state index contributed by atoms with van der Waals surface area (Å²) in [4.78, 5) is 20.1. The van der Waals surface area contributed by atoms with Crippen LogP contribution in [0.5, 0.6) is 0 Å². The minimum Gasteiger partial charge on any atom is -0.302 e. The van der Waals surface area contributed by atoms with Gasteiger partial charge in [0.15, 0.2) is 10.8 Å². The fourth-order valence-corrected chi connectivity index (χ4v) is 3.35. The number of halogens is 3. The SMILES string of the molecule is Cc1nc2ccccc2c(C)c1CC(=O)Nc1nc(C(F)(F)F)cs1. The van der Waals surface area contributed by atoms with Crippen LogP contribution in [0.3, 0.4) is 0 Å². The number of thiazole rings is 1. The lowest BCUT2D eigenvalue weighted by atomic mass is 9.99. The van der Waals surface area contributed by atoms with Crippen molar-refractivity contribution in [3.05, 3.63) is 52.2 Å². The molecule has 0 unspecified atom stereocenters. The summed E-state index contributed by atoms with van der Waals surface area (Å²) in [6.45, 7) is 3.72. The van der Waals surface area contributed by atoms with Crippen molar-refractivity contribution in [1.29, 1.82) is 0 Å². The van der Waals surface area contributed by atoms with Crippen LogP contribution in [0.4, 0.5) is 18.3 Å². The summed E-state index contributed by atoms with van der Waals surface area (Å²) in [6.07, 6.45) is -4.49. The molecule has 4 nitrogen and oxygen atoms in total. The summed E-state index contributed by atoms with van der Waals surface area (Å²) in [6, 6.07) is 7.61. The highest BCUT2D eigenvalue weighted by molar-refractivity contribution is 7.13. The predicted molar refractivity (Wildman–Crippen MR) is 90.7 cm³/mol. The molecule has 2 aromatic heterocycles. The highest BCUT2D eigenvalue weighted by Gasteiger charge is 2.33. The van der Waals surface area contributed by atoms with Crippen molar-refractivity contribution in [1.82, 2.24) is 9.97 Å². The van der Waals surface area contributed by atoms with E-state index >= 15 is 0 Å². The minimum atomic E-state index is -4.52. The number of aryl methyl sites for hydroxylation is 2. The zero-order valence-corrected chi connectivity index (χ0v) is 14.3. The van der Waals surface area contributed by atoms with E-state index in [1.165, 1.54) is 0 Å². The van der Waals surface area contributed by atoms with Gasteiger partial charge in [0.1, 0.15) is 0 Å². The molecule has 2 heterocycles. The van der Waals surface area contributed by atoms with Crippen molar-refractivity contribution >= 4 is 33.3 Å². The third-order valence-electron chi connectivity index (χ3n) is 3.86. The van der Waals surface area contributed by atoms with E-state index in [1.54, 1.807) is 0 Å². The van der Waals surface area contributed by atoms with E-state index in [1.807, 2.05) is 38.1 Å². The molecule has 8 heteroatoms. The standard InChI is InChI=1S/C17H14F3N3OS/c1-9-11-5-3-4-6-13(11)21-10(2)12(9)7-15(24)23-16-22-14(8-25-16)17(18,19)20/h3-6,8H,7H2,1-2H3,(H,22,23,24). The minimum absolute atomic E-state index is 0.0242. The molecule has 1 amide bonds. The molecule has 0 bridgehead atoms. The molecule has 0 saturated carbocycles. The summed E-state index contributed by atoms with van der Waals surface area (Å²) in [5, 5.41) is 4.19. The number of nitrogens with zero attached hydrogens (tertiary/aromatic N) is 2. The number of hydrogen-bond acceptors (Lipinski definition) is 4. The first-order valence-electron chi connectivity index (χ1n) is 7.43. The number of para-hydroxylation sites is 1. The van der Waals surface area contributed by atoms with Crippen LogP contribution < -0.4 is 5.32 Å². The largest absolute Gasteiger partial charge is 0.434 e. The van der Waals surface area contributed by atoms with Crippen molar-refractivity contribution in [2.75, 3.05) is 5.32 Å². The van der Waals surface area contributed by atoms with Gasteiger partial charge in [-0.1, -0.05) is 18.2 Å². The molecule has 3 aromatic rings. The second-order valence-corrected chi connectivity index (χ2v) is 6.44. The first kappa shape index (κ1) is 17.3. The quantitative estimate of drug-likeness (QED) is 0.743. The van der Waals surface area contributed by atoms with Gasteiger partial charge < -0.3 is 5.32 Å². The Morgan fingerprint density at radius 2 is 1.92 bits per heavy atom. The second kappa shape index (κ2) is 6.44. The number of fused-ring (bicyclic) bond motifs is 1. The maximum Gasteiger partial charge on any atom is 0.434 e. The van der Waals surface area contributed by atoms with Crippen LogP contribution in [0.25, 0.3) is 10.9 Å². The first-order valence-corrected chi connectivity index (χ1v) is 8.31. The van der Waals surface area contributed by atoms with E-state index < -0.39 is 17.8 Å². The number of carbonyl (C=O) groups is 1. The lowest BCUT2D eigenvalue weighted by Gasteiger charge is -2.12. The molecular formula is C17H14F3N3OS. The van der Waals surface area contributed by atoms with Gasteiger partial charge in [-0.3, -0.25) is 9.78 Å². The van der Waals surface area contributed by atoms with Crippen molar-refractivity contribution in [3.63, 3.8) is 0 Å². The van der Waals surface area contributed by atoms with Crippen LogP contribution in [0.15, 0.2) is 29.6 Å². The maximum absolute atomic E-state index is 12.6. The topological polar surface area (TPSA) is 54.9 Å². The molecule has 1 aromatic carbocycles. The Kier molecular flexibility index (Phi) is 4.47. The van der Waals surface area contributed by atoms with Gasteiger partial charge in [-0.15, -0.1) is 11.3 Å². The van der Waals surface area contributed by atoms with Gasteiger partial charge in [0, 0.05) is 16.5 Å². The lowest BCUT2D eigenvalue weighted by Crippen LogP contribution is -2.16.